The molecule has 1 aromatic rings. The number of nitrogens with zero attached hydrogens (tertiary/aromatic N) is 1. The van der Waals surface area contributed by atoms with E-state index in [1.165, 1.54) is 56.9 Å². The van der Waals surface area contributed by atoms with Gasteiger partial charge < -0.3 is 5.73 Å². The SMILES string of the molecule is NCCCCCCCCCCc1cccnc1Cl. The van der Waals surface area contributed by atoms with Crippen LogP contribution in [0.25, 0.3) is 0 Å². The summed E-state index contributed by atoms with van der Waals surface area (Å²) in [6.45, 7) is 0.839. The van der Waals surface area contributed by atoms with E-state index < -0.39 is 0 Å². The predicted octanol–water partition coefficient (Wildman–Crippen LogP) is 4.36. The van der Waals surface area contributed by atoms with Gasteiger partial charge in [0.05, 0.1) is 0 Å². The molecule has 0 bridgehead atoms. The van der Waals surface area contributed by atoms with Gasteiger partial charge in [0.2, 0.25) is 0 Å². The van der Waals surface area contributed by atoms with Crippen LogP contribution < -0.4 is 5.73 Å². The van der Waals surface area contributed by atoms with Crippen molar-refractivity contribution >= 4 is 11.6 Å². The summed E-state index contributed by atoms with van der Waals surface area (Å²) >= 11 is 6.01. The lowest BCUT2D eigenvalue weighted by atomic mass is 10.0. The number of halogens is 1. The molecule has 0 unspecified atom stereocenters. The van der Waals surface area contributed by atoms with E-state index in [2.05, 4.69) is 11.1 Å². The number of rotatable bonds is 10. The molecule has 0 amide bonds. The van der Waals surface area contributed by atoms with Gasteiger partial charge in [0.15, 0.2) is 0 Å². The predicted molar refractivity (Wildman–Crippen MR) is 78.9 cm³/mol. The van der Waals surface area contributed by atoms with Gasteiger partial charge in [-0.25, -0.2) is 4.98 Å². The van der Waals surface area contributed by atoms with E-state index in [-0.39, 0.29) is 0 Å². The second-order valence-corrected chi connectivity index (χ2v) is 5.18. The van der Waals surface area contributed by atoms with Crippen LogP contribution in [0.1, 0.15) is 56.9 Å². The minimum absolute atomic E-state index is 0.666. The first-order chi connectivity index (χ1) is 8.84. The van der Waals surface area contributed by atoms with Crippen LogP contribution in [0.3, 0.4) is 0 Å². The van der Waals surface area contributed by atoms with E-state index in [4.69, 9.17) is 17.3 Å². The molecule has 0 aliphatic heterocycles. The van der Waals surface area contributed by atoms with Gasteiger partial charge in [0.1, 0.15) is 5.15 Å². The Labute approximate surface area is 116 Å². The Hall–Kier alpha value is -0.600. The van der Waals surface area contributed by atoms with Crippen LogP contribution in [-0.4, -0.2) is 11.5 Å². The van der Waals surface area contributed by atoms with Crippen LogP contribution in [0, 0.1) is 0 Å². The first-order valence-corrected chi connectivity index (χ1v) is 7.52. The highest BCUT2D eigenvalue weighted by Crippen LogP contribution is 2.16. The standard InChI is InChI=1S/C15H25ClN2/c16-15-14(11-9-13-18-15)10-7-5-3-1-2-4-6-8-12-17/h9,11,13H,1-8,10,12,17H2. The number of aryl methyl sites for hydroxylation is 1. The quantitative estimate of drug-likeness (QED) is 0.506. The second-order valence-electron chi connectivity index (χ2n) is 4.82. The largest absolute Gasteiger partial charge is 0.330 e. The van der Waals surface area contributed by atoms with Gasteiger partial charge in [0.25, 0.3) is 0 Å². The van der Waals surface area contributed by atoms with Crippen molar-refractivity contribution in [3.05, 3.63) is 29.0 Å². The third kappa shape index (κ3) is 6.97. The van der Waals surface area contributed by atoms with Crippen molar-refractivity contribution in [2.45, 2.75) is 57.8 Å². The van der Waals surface area contributed by atoms with Gasteiger partial charge in [-0.3, -0.25) is 0 Å². The normalized spacial score (nSPS) is 10.8. The van der Waals surface area contributed by atoms with E-state index in [0.717, 1.165) is 13.0 Å². The van der Waals surface area contributed by atoms with Gasteiger partial charge in [-0.1, -0.05) is 56.2 Å². The van der Waals surface area contributed by atoms with E-state index in [0.29, 0.717) is 5.15 Å². The number of hydrogen-bond donors (Lipinski definition) is 1. The van der Waals surface area contributed by atoms with Gasteiger partial charge in [-0.2, -0.15) is 0 Å². The second kappa shape index (κ2) is 10.3. The molecule has 102 valence electrons. The minimum Gasteiger partial charge on any atom is -0.330 e. The Bertz CT molecular complexity index is 315. The van der Waals surface area contributed by atoms with Crippen molar-refractivity contribution in [1.82, 2.24) is 4.98 Å². The number of nitrogens with two attached hydrogens (primary N) is 1. The molecule has 0 atom stereocenters. The molecule has 1 aromatic heterocycles. The third-order valence-electron chi connectivity index (χ3n) is 3.24. The Kier molecular flexibility index (Phi) is 8.87. The average Bonchev–Trinajstić information content (AvgIpc) is 2.39. The van der Waals surface area contributed by atoms with Gasteiger partial charge in [0, 0.05) is 6.20 Å². The molecule has 0 saturated heterocycles. The number of unbranched alkanes of at least 4 members (excludes halogenated alkanes) is 7. The average molecular weight is 269 g/mol. The van der Waals surface area contributed by atoms with Crippen molar-refractivity contribution in [2.75, 3.05) is 6.54 Å². The number of aromatic nitrogens is 1. The van der Waals surface area contributed by atoms with E-state index in [9.17, 15) is 0 Å². The lowest BCUT2D eigenvalue weighted by molar-refractivity contribution is 0.570. The maximum Gasteiger partial charge on any atom is 0.132 e. The molecule has 0 spiro atoms. The van der Waals surface area contributed by atoms with Crippen molar-refractivity contribution < 1.29 is 0 Å². The molecule has 2 nitrogen and oxygen atoms in total. The van der Waals surface area contributed by atoms with E-state index >= 15 is 0 Å². The first-order valence-electron chi connectivity index (χ1n) is 7.14. The van der Waals surface area contributed by atoms with Crippen LogP contribution in [0.15, 0.2) is 18.3 Å². The Balaban J connectivity index is 1.94. The van der Waals surface area contributed by atoms with Crippen LogP contribution in [0.5, 0.6) is 0 Å². The molecule has 0 saturated carbocycles. The Morgan fingerprint density at radius 3 is 2.17 bits per heavy atom. The monoisotopic (exact) mass is 268 g/mol. The molecule has 18 heavy (non-hydrogen) atoms. The molecule has 3 heteroatoms. The maximum absolute atomic E-state index is 6.01. The molecule has 0 aliphatic rings. The van der Waals surface area contributed by atoms with Gasteiger partial charge in [-0.05, 0) is 37.4 Å². The summed E-state index contributed by atoms with van der Waals surface area (Å²) in [7, 11) is 0. The molecule has 1 rings (SSSR count). The van der Waals surface area contributed by atoms with Crippen molar-refractivity contribution in [3.8, 4) is 0 Å². The van der Waals surface area contributed by atoms with Crippen LogP contribution in [0.2, 0.25) is 5.15 Å². The van der Waals surface area contributed by atoms with Crippen LogP contribution >= 0.6 is 11.6 Å². The highest BCUT2D eigenvalue weighted by Gasteiger charge is 1.99. The lowest BCUT2D eigenvalue weighted by Gasteiger charge is -2.03. The number of pyridine rings is 1. The summed E-state index contributed by atoms with van der Waals surface area (Å²) in [5, 5.41) is 0.666. The zero-order chi connectivity index (χ0) is 13.1. The fourth-order valence-electron chi connectivity index (χ4n) is 2.13. The summed E-state index contributed by atoms with van der Waals surface area (Å²) in [4.78, 5) is 4.09. The fraction of sp³-hybridized carbons (Fsp3) is 0.667. The van der Waals surface area contributed by atoms with Gasteiger partial charge >= 0.3 is 0 Å². The number of hydrogen-bond acceptors (Lipinski definition) is 2. The molecule has 0 aliphatic carbocycles. The highest BCUT2D eigenvalue weighted by molar-refractivity contribution is 6.30. The fourth-order valence-corrected chi connectivity index (χ4v) is 2.34. The molecule has 0 aromatic carbocycles. The lowest BCUT2D eigenvalue weighted by Crippen LogP contribution is -1.97. The molecule has 0 fully saturated rings. The molecular weight excluding hydrogens is 244 g/mol. The smallest absolute Gasteiger partial charge is 0.132 e. The van der Waals surface area contributed by atoms with Crippen LogP contribution in [-0.2, 0) is 6.42 Å². The molecule has 2 N–H and O–H groups in total. The van der Waals surface area contributed by atoms with Crippen molar-refractivity contribution in [3.63, 3.8) is 0 Å². The minimum atomic E-state index is 0.666. The Morgan fingerprint density at radius 1 is 0.944 bits per heavy atom. The van der Waals surface area contributed by atoms with E-state index in [1.54, 1.807) is 6.20 Å². The molecular formula is C15H25ClN2. The van der Waals surface area contributed by atoms with Crippen LogP contribution in [0.4, 0.5) is 0 Å². The zero-order valence-electron chi connectivity index (χ0n) is 11.2. The highest BCUT2D eigenvalue weighted by atomic mass is 35.5. The van der Waals surface area contributed by atoms with Crippen molar-refractivity contribution in [2.24, 2.45) is 5.73 Å². The molecule has 1 heterocycles. The third-order valence-corrected chi connectivity index (χ3v) is 3.58. The summed E-state index contributed by atoms with van der Waals surface area (Å²) in [5.41, 5.74) is 6.64. The van der Waals surface area contributed by atoms with Gasteiger partial charge in [-0.15, -0.1) is 0 Å². The van der Waals surface area contributed by atoms with Crippen molar-refractivity contribution in [1.29, 1.82) is 0 Å². The first kappa shape index (κ1) is 15.5. The zero-order valence-corrected chi connectivity index (χ0v) is 12.0. The summed E-state index contributed by atoms with van der Waals surface area (Å²) < 4.78 is 0. The summed E-state index contributed by atoms with van der Waals surface area (Å²) in [5.74, 6) is 0. The maximum atomic E-state index is 6.01. The topological polar surface area (TPSA) is 38.9 Å². The summed E-state index contributed by atoms with van der Waals surface area (Å²) in [6, 6.07) is 4.03. The summed E-state index contributed by atoms with van der Waals surface area (Å²) in [6.07, 6.45) is 13.2. The molecule has 0 radical (unpaired) electrons. The van der Waals surface area contributed by atoms with E-state index in [1.807, 2.05) is 6.07 Å². The Morgan fingerprint density at radius 2 is 1.56 bits per heavy atom.